The highest BCUT2D eigenvalue weighted by molar-refractivity contribution is 7.91. The number of benzene rings is 1. The van der Waals surface area contributed by atoms with Crippen molar-refractivity contribution in [2.45, 2.75) is 31.2 Å². The number of hydrogen-bond acceptors (Lipinski definition) is 3. The Morgan fingerprint density at radius 3 is 2.33 bits per heavy atom. The molecule has 18 heavy (non-hydrogen) atoms. The molecule has 0 spiro atoms. The van der Waals surface area contributed by atoms with E-state index in [1.165, 1.54) is 0 Å². The minimum absolute atomic E-state index is 0.211. The summed E-state index contributed by atoms with van der Waals surface area (Å²) in [6.45, 7) is 5.91. The Morgan fingerprint density at radius 1 is 1.22 bits per heavy atom. The third-order valence-corrected chi connectivity index (χ3v) is 4.00. The molecule has 0 aliphatic carbocycles. The van der Waals surface area contributed by atoms with Gasteiger partial charge in [-0.2, -0.15) is 0 Å². The van der Waals surface area contributed by atoms with Gasteiger partial charge < -0.3 is 5.32 Å². The van der Waals surface area contributed by atoms with Gasteiger partial charge in [0, 0.05) is 18.2 Å². The molecule has 1 N–H and O–H groups in total. The lowest BCUT2D eigenvalue weighted by Crippen LogP contribution is -2.38. The van der Waals surface area contributed by atoms with E-state index in [0.29, 0.717) is 6.07 Å². The topological polar surface area (TPSA) is 46.2 Å². The molecule has 3 nitrogen and oxygen atoms in total. The van der Waals surface area contributed by atoms with E-state index in [1.54, 1.807) is 0 Å². The molecular formula is C12H17F2NO2S. The molecule has 0 amide bonds. The van der Waals surface area contributed by atoms with Gasteiger partial charge in [-0.15, -0.1) is 0 Å². The second-order valence-electron chi connectivity index (χ2n) is 5.07. The summed E-state index contributed by atoms with van der Waals surface area (Å²) in [7, 11) is -3.73. The summed E-state index contributed by atoms with van der Waals surface area (Å²) in [4.78, 5) is -0.459. The molecule has 1 aromatic carbocycles. The molecule has 102 valence electrons. The van der Waals surface area contributed by atoms with Crippen LogP contribution in [0.25, 0.3) is 0 Å². The number of rotatable bonds is 4. The van der Waals surface area contributed by atoms with Crippen molar-refractivity contribution in [2.75, 3.05) is 12.3 Å². The quantitative estimate of drug-likeness (QED) is 0.858. The average molecular weight is 277 g/mol. The summed E-state index contributed by atoms with van der Waals surface area (Å²) in [5.41, 5.74) is -0.211. The smallest absolute Gasteiger partial charge is 0.182 e. The van der Waals surface area contributed by atoms with Crippen molar-refractivity contribution in [1.29, 1.82) is 0 Å². The van der Waals surface area contributed by atoms with Gasteiger partial charge in [0.05, 0.1) is 5.75 Å². The van der Waals surface area contributed by atoms with Gasteiger partial charge in [-0.1, -0.05) is 0 Å². The Labute approximate surface area is 106 Å². The summed E-state index contributed by atoms with van der Waals surface area (Å²) in [6.07, 6.45) is 0. The van der Waals surface area contributed by atoms with Gasteiger partial charge in [0.1, 0.15) is 16.5 Å². The fourth-order valence-corrected chi connectivity index (χ4v) is 2.62. The van der Waals surface area contributed by atoms with Crippen molar-refractivity contribution in [3.8, 4) is 0 Å². The molecule has 0 unspecified atom stereocenters. The van der Waals surface area contributed by atoms with Crippen molar-refractivity contribution in [3.63, 3.8) is 0 Å². The lowest BCUT2D eigenvalue weighted by Gasteiger charge is -2.20. The van der Waals surface area contributed by atoms with E-state index in [0.717, 1.165) is 12.1 Å². The van der Waals surface area contributed by atoms with E-state index < -0.39 is 26.4 Å². The zero-order valence-electron chi connectivity index (χ0n) is 10.6. The first-order valence-corrected chi connectivity index (χ1v) is 7.20. The van der Waals surface area contributed by atoms with Crippen LogP contribution >= 0.6 is 0 Å². The van der Waals surface area contributed by atoms with Gasteiger partial charge in [0.2, 0.25) is 0 Å². The van der Waals surface area contributed by atoms with Gasteiger partial charge in [-0.25, -0.2) is 17.2 Å². The fourth-order valence-electron chi connectivity index (χ4n) is 1.40. The normalized spacial score (nSPS) is 12.7. The lowest BCUT2D eigenvalue weighted by atomic mass is 10.1. The summed E-state index contributed by atoms with van der Waals surface area (Å²) < 4.78 is 49.8. The molecular weight excluding hydrogens is 260 g/mol. The van der Waals surface area contributed by atoms with Gasteiger partial charge >= 0.3 is 0 Å². The summed E-state index contributed by atoms with van der Waals surface area (Å²) >= 11 is 0. The summed E-state index contributed by atoms with van der Waals surface area (Å²) in [5, 5.41) is 3.00. The molecule has 0 radical (unpaired) electrons. The standard InChI is InChI=1S/C12H17F2NO2S/c1-12(2,3)15-6-7-18(16,17)11-5-4-9(13)8-10(11)14/h4-5,8,15H,6-7H2,1-3H3. The highest BCUT2D eigenvalue weighted by Gasteiger charge is 2.20. The molecule has 0 bridgehead atoms. The maximum atomic E-state index is 13.4. The lowest BCUT2D eigenvalue weighted by molar-refractivity contribution is 0.438. The van der Waals surface area contributed by atoms with Crippen LogP contribution in [0, 0.1) is 11.6 Å². The molecule has 1 rings (SSSR count). The molecule has 0 heterocycles. The van der Waals surface area contributed by atoms with Crippen LogP contribution in [-0.2, 0) is 9.84 Å². The number of halogens is 2. The van der Waals surface area contributed by atoms with Crippen molar-refractivity contribution in [1.82, 2.24) is 5.32 Å². The Hall–Kier alpha value is -1.01. The monoisotopic (exact) mass is 277 g/mol. The third-order valence-electron chi connectivity index (χ3n) is 2.26. The first-order chi connectivity index (χ1) is 8.12. The third kappa shape index (κ3) is 4.34. The van der Waals surface area contributed by atoms with Gasteiger partial charge in [-0.3, -0.25) is 0 Å². The Bertz CT molecular complexity index is 521. The second-order valence-corrected chi connectivity index (χ2v) is 7.15. The predicted octanol–water partition coefficient (Wildman–Crippen LogP) is 2.13. The number of nitrogens with one attached hydrogen (secondary N) is 1. The fraction of sp³-hybridized carbons (Fsp3) is 0.500. The van der Waals surface area contributed by atoms with Crippen LogP contribution in [0.2, 0.25) is 0 Å². The van der Waals surface area contributed by atoms with Crippen LogP contribution in [0.15, 0.2) is 23.1 Å². The molecule has 0 aliphatic rings. The molecule has 6 heteroatoms. The zero-order chi connectivity index (χ0) is 14.0. The summed E-state index contributed by atoms with van der Waals surface area (Å²) in [5.74, 6) is -2.07. The highest BCUT2D eigenvalue weighted by atomic mass is 32.2. The van der Waals surface area contributed by atoms with Crippen LogP contribution in [0.1, 0.15) is 20.8 Å². The van der Waals surface area contributed by atoms with E-state index >= 15 is 0 Å². The first kappa shape index (κ1) is 15.0. The van der Waals surface area contributed by atoms with Crippen LogP contribution < -0.4 is 5.32 Å². The first-order valence-electron chi connectivity index (χ1n) is 5.55. The molecule has 0 aromatic heterocycles. The second kappa shape index (κ2) is 5.32. The SMILES string of the molecule is CC(C)(C)NCCS(=O)(=O)c1ccc(F)cc1F. The molecule has 0 aliphatic heterocycles. The van der Waals surface area contributed by atoms with Crippen LogP contribution in [0.4, 0.5) is 8.78 Å². The molecule has 0 saturated carbocycles. The summed E-state index contributed by atoms with van der Waals surface area (Å²) in [6, 6.07) is 2.47. The molecule has 0 atom stereocenters. The van der Waals surface area contributed by atoms with Gasteiger partial charge in [0.25, 0.3) is 0 Å². The van der Waals surface area contributed by atoms with Crippen molar-refractivity contribution < 1.29 is 17.2 Å². The highest BCUT2D eigenvalue weighted by Crippen LogP contribution is 2.16. The maximum absolute atomic E-state index is 13.4. The average Bonchev–Trinajstić information content (AvgIpc) is 2.13. The van der Waals surface area contributed by atoms with E-state index in [-0.39, 0.29) is 17.8 Å². The predicted molar refractivity (Wildman–Crippen MR) is 66.2 cm³/mol. The molecule has 0 fully saturated rings. The maximum Gasteiger partial charge on any atom is 0.182 e. The Balaban J connectivity index is 2.81. The molecule has 0 saturated heterocycles. The van der Waals surface area contributed by atoms with Crippen molar-refractivity contribution >= 4 is 9.84 Å². The number of sulfone groups is 1. The Kier molecular flexibility index (Phi) is 4.45. The van der Waals surface area contributed by atoms with Gasteiger partial charge in [-0.05, 0) is 32.9 Å². The van der Waals surface area contributed by atoms with E-state index in [1.807, 2.05) is 20.8 Å². The van der Waals surface area contributed by atoms with Crippen LogP contribution in [-0.4, -0.2) is 26.3 Å². The van der Waals surface area contributed by atoms with Gasteiger partial charge in [0.15, 0.2) is 9.84 Å². The van der Waals surface area contributed by atoms with Crippen molar-refractivity contribution in [2.24, 2.45) is 0 Å². The minimum Gasteiger partial charge on any atom is -0.311 e. The number of hydrogen-bond donors (Lipinski definition) is 1. The van der Waals surface area contributed by atoms with Crippen LogP contribution in [0.5, 0.6) is 0 Å². The largest absolute Gasteiger partial charge is 0.311 e. The van der Waals surface area contributed by atoms with E-state index in [9.17, 15) is 17.2 Å². The van der Waals surface area contributed by atoms with Crippen LogP contribution in [0.3, 0.4) is 0 Å². The molecule has 1 aromatic rings. The Morgan fingerprint density at radius 2 is 1.83 bits per heavy atom. The zero-order valence-corrected chi connectivity index (χ0v) is 11.4. The van der Waals surface area contributed by atoms with E-state index in [2.05, 4.69) is 5.32 Å². The van der Waals surface area contributed by atoms with E-state index in [4.69, 9.17) is 0 Å². The minimum atomic E-state index is -3.73. The van der Waals surface area contributed by atoms with Crippen molar-refractivity contribution in [3.05, 3.63) is 29.8 Å².